The summed E-state index contributed by atoms with van der Waals surface area (Å²) in [5.41, 5.74) is -0.523. The third-order valence-electron chi connectivity index (χ3n) is 3.72. The zero-order chi connectivity index (χ0) is 14.0. The minimum absolute atomic E-state index is 0.212. The third kappa shape index (κ3) is 3.95. The molecule has 6 heteroatoms. The van der Waals surface area contributed by atoms with Gasteiger partial charge in [-0.15, -0.1) is 0 Å². The monoisotopic (exact) mass is 278 g/mol. The van der Waals surface area contributed by atoms with Crippen LogP contribution >= 0.6 is 0 Å². The van der Waals surface area contributed by atoms with Crippen molar-refractivity contribution in [2.24, 2.45) is 11.3 Å². The van der Waals surface area contributed by atoms with Crippen molar-refractivity contribution in [3.8, 4) is 0 Å². The minimum atomic E-state index is -3.39. The molecule has 1 rings (SSSR count). The fourth-order valence-corrected chi connectivity index (χ4v) is 3.24. The Morgan fingerprint density at radius 1 is 1.17 bits per heavy atom. The first-order chi connectivity index (χ1) is 8.16. The third-order valence-corrected chi connectivity index (χ3v) is 4.34. The lowest BCUT2D eigenvalue weighted by Gasteiger charge is -2.36. The van der Waals surface area contributed by atoms with Crippen molar-refractivity contribution < 1.29 is 22.1 Å². The van der Waals surface area contributed by atoms with Gasteiger partial charge in [-0.2, -0.15) is 8.42 Å². The summed E-state index contributed by atoms with van der Waals surface area (Å²) in [7, 11) is -2.00. The van der Waals surface area contributed by atoms with Crippen molar-refractivity contribution in [1.82, 2.24) is 0 Å². The van der Waals surface area contributed by atoms with E-state index in [0.717, 1.165) is 19.1 Å². The van der Waals surface area contributed by atoms with E-state index in [1.54, 1.807) is 0 Å². The lowest BCUT2D eigenvalue weighted by Crippen LogP contribution is -2.37. The zero-order valence-corrected chi connectivity index (χ0v) is 12.2. The summed E-state index contributed by atoms with van der Waals surface area (Å²) >= 11 is 0. The van der Waals surface area contributed by atoms with E-state index in [4.69, 9.17) is 8.92 Å². The molecular formula is C12H22O5S. The number of rotatable bonds is 4. The summed E-state index contributed by atoms with van der Waals surface area (Å²) in [6, 6.07) is 0. The second-order valence-corrected chi connectivity index (χ2v) is 7.09. The van der Waals surface area contributed by atoms with E-state index in [1.165, 1.54) is 7.11 Å². The van der Waals surface area contributed by atoms with Gasteiger partial charge in [0.25, 0.3) is 10.1 Å². The maximum Gasteiger partial charge on any atom is 0.311 e. The van der Waals surface area contributed by atoms with Gasteiger partial charge in [-0.25, -0.2) is 0 Å². The van der Waals surface area contributed by atoms with E-state index < -0.39 is 15.5 Å². The van der Waals surface area contributed by atoms with E-state index in [9.17, 15) is 13.2 Å². The molecule has 1 aliphatic rings. The molecular weight excluding hydrogens is 256 g/mol. The Hall–Kier alpha value is -0.620. The number of carbonyl (C=O) groups excluding carboxylic acids is 1. The van der Waals surface area contributed by atoms with Gasteiger partial charge in [0.05, 0.1) is 24.9 Å². The average Bonchev–Trinajstić information content (AvgIpc) is 2.26. The van der Waals surface area contributed by atoms with Crippen LogP contribution in [0.3, 0.4) is 0 Å². The standard InChI is InChI=1S/C12H22O5S/c1-12(2,11(13)16-3)9-5-7-10(8-6-9)17-18(4,14)15/h9-10H,5-8H2,1-4H3/t9-,10+. The molecule has 0 spiro atoms. The molecule has 0 atom stereocenters. The first-order valence-electron chi connectivity index (χ1n) is 6.13. The topological polar surface area (TPSA) is 69.7 Å². The maximum atomic E-state index is 11.7. The highest BCUT2D eigenvalue weighted by Crippen LogP contribution is 2.40. The molecule has 0 aromatic carbocycles. The SMILES string of the molecule is COC(=O)C(C)(C)[C@H]1CC[C@@H](OS(C)(=O)=O)CC1. The van der Waals surface area contributed by atoms with Crippen LogP contribution in [-0.2, 0) is 23.8 Å². The summed E-state index contributed by atoms with van der Waals surface area (Å²) < 4.78 is 31.9. The van der Waals surface area contributed by atoms with Gasteiger partial charge in [0, 0.05) is 0 Å². The number of hydrogen-bond donors (Lipinski definition) is 0. The normalized spacial score (nSPS) is 25.8. The van der Waals surface area contributed by atoms with Crippen LogP contribution in [-0.4, -0.2) is 33.9 Å². The Kier molecular flexibility index (Phi) is 4.78. The van der Waals surface area contributed by atoms with Crippen molar-refractivity contribution >= 4 is 16.1 Å². The van der Waals surface area contributed by atoms with Crippen LogP contribution in [0, 0.1) is 11.3 Å². The highest BCUT2D eigenvalue weighted by molar-refractivity contribution is 7.86. The van der Waals surface area contributed by atoms with Gasteiger partial charge in [-0.05, 0) is 45.4 Å². The van der Waals surface area contributed by atoms with Gasteiger partial charge in [0.2, 0.25) is 0 Å². The molecule has 0 heterocycles. The Bertz CT molecular complexity index is 391. The largest absolute Gasteiger partial charge is 0.469 e. The predicted molar refractivity (Wildman–Crippen MR) is 67.5 cm³/mol. The molecule has 18 heavy (non-hydrogen) atoms. The lowest BCUT2D eigenvalue weighted by molar-refractivity contribution is -0.155. The fraction of sp³-hybridized carbons (Fsp3) is 0.917. The Labute approximate surface area is 109 Å². The summed E-state index contributed by atoms with van der Waals surface area (Å²) in [6.45, 7) is 3.75. The molecule has 0 aliphatic heterocycles. The fourth-order valence-electron chi connectivity index (χ4n) is 2.56. The van der Waals surface area contributed by atoms with Crippen LogP contribution in [0.5, 0.6) is 0 Å². The zero-order valence-electron chi connectivity index (χ0n) is 11.4. The Balaban J connectivity index is 2.56. The molecule has 0 N–H and O–H groups in total. The van der Waals surface area contributed by atoms with E-state index in [0.29, 0.717) is 12.8 Å². The van der Waals surface area contributed by atoms with Crippen molar-refractivity contribution in [2.75, 3.05) is 13.4 Å². The second kappa shape index (κ2) is 5.57. The van der Waals surface area contributed by atoms with E-state index >= 15 is 0 Å². The first-order valence-corrected chi connectivity index (χ1v) is 7.95. The van der Waals surface area contributed by atoms with Gasteiger partial charge in [-0.3, -0.25) is 8.98 Å². The van der Waals surface area contributed by atoms with E-state index in [-0.39, 0.29) is 18.0 Å². The number of carbonyl (C=O) groups is 1. The van der Waals surface area contributed by atoms with Crippen LogP contribution in [0.4, 0.5) is 0 Å². The number of esters is 1. The van der Waals surface area contributed by atoms with Crippen molar-refractivity contribution in [3.05, 3.63) is 0 Å². The second-order valence-electron chi connectivity index (χ2n) is 5.49. The molecule has 0 aromatic heterocycles. The van der Waals surface area contributed by atoms with Crippen LogP contribution in [0.15, 0.2) is 0 Å². The summed E-state index contributed by atoms with van der Waals surface area (Å²) in [5.74, 6) is -0.000610. The van der Waals surface area contributed by atoms with Crippen LogP contribution < -0.4 is 0 Å². The highest BCUT2D eigenvalue weighted by atomic mass is 32.2. The number of hydrogen-bond acceptors (Lipinski definition) is 5. The first kappa shape index (κ1) is 15.4. The van der Waals surface area contributed by atoms with E-state index in [1.807, 2.05) is 13.8 Å². The summed E-state index contributed by atoms with van der Waals surface area (Å²) in [4.78, 5) is 11.7. The minimum Gasteiger partial charge on any atom is -0.469 e. The van der Waals surface area contributed by atoms with Crippen LogP contribution in [0.1, 0.15) is 39.5 Å². The molecule has 1 saturated carbocycles. The average molecular weight is 278 g/mol. The van der Waals surface area contributed by atoms with Crippen LogP contribution in [0.25, 0.3) is 0 Å². The van der Waals surface area contributed by atoms with Crippen molar-refractivity contribution in [1.29, 1.82) is 0 Å². The molecule has 5 nitrogen and oxygen atoms in total. The Morgan fingerprint density at radius 2 is 1.67 bits per heavy atom. The smallest absolute Gasteiger partial charge is 0.311 e. The maximum absolute atomic E-state index is 11.7. The van der Waals surface area contributed by atoms with Crippen molar-refractivity contribution in [3.63, 3.8) is 0 Å². The van der Waals surface area contributed by atoms with Gasteiger partial charge >= 0.3 is 5.97 Å². The van der Waals surface area contributed by atoms with Gasteiger partial charge in [-0.1, -0.05) is 0 Å². The van der Waals surface area contributed by atoms with Crippen molar-refractivity contribution in [2.45, 2.75) is 45.6 Å². The highest BCUT2D eigenvalue weighted by Gasteiger charge is 2.40. The quantitative estimate of drug-likeness (QED) is 0.578. The van der Waals surface area contributed by atoms with E-state index in [2.05, 4.69) is 0 Å². The Morgan fingerprint density at radius 3 is 2.06 bits per heavy atom. The number of ether oxygens (including phenoxy) is 1. The molecule has 1 fully saturated rings. The molecule has 0 unspecified atom stereocenters. The van der Waals surface area contributed by atoms with Gasteiger partial charge in [0.1, 0.15) is 0 Å². The lowest BCUT2D eigenvalue weighted by atomic mass is 9.70. The number of methoxy groups -OCH3 is 1. The molecule has 0 radical (unpaired) electrons. The molecule has 106 valence electrons. The van der Waals surface area contributed by atoms with Gasteiger partial charge in [0.15, 0.2) is 0 Å². The molecule has 1 aliphatic carbocycles. The molecule has 0 saturated heterocycles. The summed E-state index contributed by atoms with van der Waals surface area (Å²) in [6.07, 6.45) is 3.71. The molecule has 0 bridgehead atoms. The van der Waals surface area contributed by atoms with Gasteiger partial charge < -0.3 is 4.74 Å². The molecule has 0 aromatic rings. The van der Waals surface area contributed by atoms with Crippen LogP contribution in [0.2, 0.25) is 0 Å². The summed E-state index contributed by atoms with van der Waals surface area (Å²) in [5, 5.41) is 0. The predicted octanol–water partition coefficient (Wildman–Crippen LogP) is 1.72. The molecule has 0 amide bonds.